The van der Waals surface area contributed by atoms with Gasteiger partial charge < -0.3 is 10.2 Å². The van der Waals surface area contributed by atoms with E-state index in [0.29, 0.717) is 25.8 Å². The lowest BCUT2D eigenvalue weighted by molar-refractivity contribution is -0.142. The maximum atomic E-state index is 13.4. The highest BCUT2D eigenvalue weighted by molar-refractivity contribution is 5.88. The van der Waals surface area contributed by atoms with Gasteiger partial charge in [-0.25, -0.2) is 0 Å². The number of hydrogen-bond acceptors (Lipinski definition) is 2. The molecular weight excluding hydrogens is 396 g/mol. The van der Waals surface area contributed by atoms with E-state index in [9.17, 15) is 9.59 Å². The third-order valence-electron chi connectivity index (χ3n) is 5.53. The normalized spacial score (nSPS) is 12.8. The number of nitrogens with one attached hydrogen (secondary N) is 1. The predicted octanol–water partition coefficient (Wildman–Crippen LogP) is 5.64. The first kappa shape index (κ1) is 25.6. The SMILES string of the molecule is CC[C@H](C(=O)NC(C)(C)C)N(Cc1ccccc1)C(=O)CCc1ccc(C(C)(C)C)cc1. The molecule has 0 saturated heterocycles. The first-order valence-electron chi connectivity index (χ1n) is 11.7. The number of amides is 2. The molecule has 2 aromatic carbocycles. The third-order valence-corrected chi connectivity index (χ3v) is 5.53. The number of hydrogen-bond donors (Lipinski definition) is 1. The molecule has 2 rings (SSSR count). The van der Waals surface area contributed by atoms with Crippen LogP contribution in [0, 0.1) is 0 Å². The predicted molar refractivity (Wildman–Crippen MR) is 132 cm³/mol. The number of carbonyl (C=O) groups excluding carboxylic acids is 2. The molecule has 0 heterocycles. The molecule has 0 unspecified atom stereocenters. The zero-order valence-electron chi connectivity index (χ0n) is 20.9. The molecule has 174 valence electrons. The van der Waals surface area contributed by atoms with Crippen LogP contribution < -0.4 is 5.32 Å². The van der Waals surface area contributed by atoms with Crippen molar-refractivity contribution in [3.05, 3.63) is 71.3 Å². The highest BCUT2D eigenvalue weighted by Crippen LogP contribution is 2.23. The lowest BCUT2D eigenvalue weighted by atomic mass is 9.86. The van der Waals surface area contributed by atoms with Crippen LogP contribution in [-0.2, 0) is 28.0 Å². The number of nitrogens with zero attached hydrogens (tertiary/aromatic N) is 1. The molecule has 4 nitrogen and oxygen atoms in total. The van der Waals surface area contributed by atoms with Crippen molar-refractivity contribution in [2.45, 2.75) is 91.3 Å². The van der Waals surface area contributed by atoms with Gasteiger partial charge in [0.2, 0.25) is 11.8 Å². The van der Waals surface area contributed by atoms with Gasteiger partial charge in [0.05, 0.1) is 0 Å². The van der Waals surface area contributed by atoms with Crippen LogP contribution in [0.2, 0.25) is 0 Å². The Morgan fingerprint density at radius 2 is 1.47 bits per heavy atom. The van der Waals surface area contributed by atoms with Crippen molar-refractivity contribution in [3.8, 4) is 0 Å². The van der Waals surface area contributed by atoms with E-state index in [2.05, 4.69) is 50.4 Å². The van der Waals surface area contributed by atoms with E-state index in [4.69, 9.17) is 0 Å². The van der Waals surface area contributed by atoms with Crippen molar-refractivity contribution < 1.29 is 9.59 Å². The minimum absolute atomic E-state index is 0.00431. The summed E-state index contributed by atoms with van der Waals surface area (Å²) in [6.07, 6.45) is 1.60. The standard InChI is InChI=1S/C28H40N2O2/c1-8-24(26(32)29-28(5,6)7)30(20-22-12-10-9-11-13-22)25(31)19-16-21-14-17-23(18-15-21)27(2,3)4/h9-15,17-18,24H,8,16,19-20H2,1-7H3,(H,29,32)/t24-/m1/s1. The Morgan fingerprint density at radius 3 is 1.97 bits per heavy atom. The molecule has 0 aliphatic rings. The highest BCUT2D eigenvalue weighted by atomic mass is 16.2. The van der Waals surface area contributed by atoms with Crippen LogP contribution in [0.25, 0.3) is 0 Å². The maximum absolute atomic E-state index is 13.4. The van der Waals surface area contributed by atoms with Gasteiger partial charge in [-0.3, -0.25) is 9.59 Å². The Balaban J connectivity index is 2.18. The molecule has 0 saturated carbocycles. The molecule has 0 aliphatic heterocycles. The number of benzene rings is 2. The minimum atomic E-state index is -0.495. The summed E-state index contributed by atoms with van der Waals surface area (Å²) >= 11 is 0. The topological polar surface area (TPSA) is 49.4 Å². The molecule has 0 radical (unpaired) electrons. The van der Waals surface area contributed by atoms with Gasteiger partial charge in [0.15, 0.2) is 0 Å². The van der Waals surface area contributed by atoms with Crippen LogP contribution in [0.3, 0.4) is 0 Å². The van der Waals surface area contributed by atoms with Crippen LogP contribution in [-0.4, -0.2) is 28.3 Å². The summed E-state index contributed by atoms with van der Waals surface area (Å²) in [6.45, 7) is 14.9. The van der Waals surface area contributed by atoms with E-state index in [1.54, 1.807) is 4.90 Å². The van der Waals surface area contributed by atoms with Gasteiger partial charge >= 0.3 is 0 Å². The molecule has 1 N–H and O–H groups in total. The van der Waals surface area contributed by atoms with Gasteiger partial charge in [-0.1, -0.05) is 82.3 Å². The fourth-order valence-electron chi connectivity index (χ4n) is 3.72. The second-order valence-corrected chi connectivity index (χ2v) is 10.6. The molecule has 2 aromatic rings. The molecule has 0 bridgehead atoms. The first-order chi connectivity index (χ1) is 14.9. The largest absolute Gasteiger partial charge is 0.350 e. The average Bonchev–Trinajstić information content (AvgIpc) is 2.71. The summed E-state index contributed by atoms with van der Waals surface area (Å²) in [6, 6.07) is 17.9. The Hall–Kier alpha value is -2.62. The van der Waals surface area contributed by atoms with Crippen LogP contribution in [0.4, 0.5) is 0 Å². The fourth-order valence-corrected chi connectivity index (χ4v) is 3.72. The molecule has 2 amide bonds. The number of carbonyl (C=O) groups is 2. The van der Waals surface area contributed by atoms with Crippen LogP contribution in [0.5, 0.6) is 0 Å². The smallest absolute Gasteiger partial charge is 0.243 e. The molecule has 0 aromatic heterocycles. The molecular formula is C28H40N2O2. The maximum Gasteiger partial charge on any atom is 0.243 e. The van der Waals surface area contributed by atoms with Gasteiger partial charge in [-0.05, 0) is 55.7 Å². The summed E-state index contributed by atoms with van der Waals surface area (Å²) in [4.78, 5) is 28.1. The van der Waals surface area contributed by atoms with Gasteiger partial charge in [0.1, 0.15) is 6.04 Å². The molecule has 32 heavy (non-hydrogen) atoms. The zero-order valence-corrected chi connectivity index (χ0v) is 20.9. The number of rotatable bonds is 8. The van der Waals surface area contributed by atoms with Crippen molar-refractivity contribution in [2.75, 3.05) is 0 Å². The monoisotopic (exact) mass is 436 g/mol. The fraction of sp³-hybridized carbons (Fsp3) is 0.500. The number of aryl methyl sites for hydroxylation is 1. The molecule has 0 spiro atoms. The van der Waals surface area contributed by atoms with E-state index in [-0.39, 0.29) is 22.8 Å². The molecule has 4 heteroatoms. The molecule has 1 atom stereocenters. The average molecular weight is 437 g/mol. The van der Waals surface area contributed by atoms with Crippen LogP contribution in [0.1, 0.15) is 78.0 Å². The van der Waals surface area contributed by atoms with E-state index in [1.807, 2.05) is 58.0 Å². The van der Waals surface area contributed by atoms with Crippen molar-refractivity contribution >= 4 is 11.8 Å². The second-order valence-electron chi connectivity index (χ2n) is 10.6. The molecule has 0 fully saturated rings. The van der Waals surface area contributed by atoms with Gasteiger partial charge in [0, 0.05) is 18.5 Å². The Morgan fingerprint density at radius 1 is 0.875 bits per heavy atom. The quantitative estimate of drug-likeness (QED) is 0.582. The van der Waals surface area contributed by atoms with E-state index in [0.717, 1.165) is 11.1 Å². The van der Waals surface area contributed by atoms with E-state index < -0.39 is 6.04 Å². The van der Waals surface area contributed by atoms with Gasteiger partial charge in [0.25, 0.3) is 0 Å². The summed E-state index contributed by atoms with van der Waals surface area (Å²) in [5, 5.41) is 3.05. The summed E-state index contributed by atoms with van der Waals surface area (Å²) < 4.78 is 0. The van der Waals surface area contributed by atoms with Crippen molar-refractivity contribution in [2.24, 2.45) is 0 Å². The molecule has 0 aliphatic carbocycles. The summed E-state index contributed by atoms with van der Waals surface area (Å²) in [7, 11) is 0. The minimum Gasteiger partial charge on any atom is -0.350 e. The lowest BCUT2D eigenvalue weighted by Crippen LogP contribution is -2.53. The van der Waals surface area contributed by atoms with Crippen molar-refractivity contribution in [1.82, 2.24) is 10.2 Å². The Kier molecular flexibility index (Phi) is 8.65. The summed E-state index contributed by atoms with van der Waals surface area (Å²) in [5.74, 6) is -0.0940. The Labute approximate surface area is 194 Å². The highest BCUT2D eigenvalue weighted by Gasteiger charge is 2.30. The Bertz CT molecular complexity index is 874. The zero-order chi connectivity index (χ0) is 23.9. The first-order valence-corrected chi connectivity index (χ1v) is 11.7. The van der Waals surface area contributed by atoms with Gasteiger partial charge in [-0.2, -0.15) is 0 Å². The van der Waals surface area contributed by atoms with Crippen molar-refractivity contribution in [1.29, 1.82) is 0 Å². The van der Waals surface area contributed by atoms with Crippen molar-refractivity contribution in [3.63, 3.8) is 0 Å². The van der Waals surface area contributed by atoms with Crippen LogP contribution in [0.15, 0.2) is 54.6 Å². The second kappa shape index (κ2) is 10.8. The van der Waals surface area contributed by atoms with E-state index in [1.165, 1.54) is 5.56 Å². The summed E-state index contributed by atoms with van der Waals surface area (Å²) in [5.41, 5.74) is 3.20. The lowest BCUT2D eigenvalue weighted by Gasteiger charge is -2.33. The van der Waals surface area contributed by atoms with Crippen LogP contribution >= 0.6 is 0 Å². The van der Waals surface area contributed by atoms with E-state index >= 15 is 0 Å². The van der Waals surface area contributed by atoms with Gasteiger partial charge in [-0.15, -0.1) is 0 Å². The third kappa shape index (κ3) is 7.81.